The van der Waals surface area contributed by atoms with Crippen LogP contribution < -0.4 is 16.1 Å². The Morgan fingerprint density at radius 2 is 2.12 bits per heavy atom. The average molecular weight is 253 g/mol. The normalized spacial score (nSPS) is 10.5. The van der Waals surface area contributed by atoms with Crippen molar-refractivity contribution >= 4 is 40.0 Å². The van der Waals surface area contributed by atoms with E-state index in [2.05, 4.69) is 10.3 Å². The molecule has 0 aliphatic rings. The van der Waals surface area contributed by atoms with Gasteiger partial charge in [0.15, 0.2) is 0 Å². The molecule has 0 saturated heterocycles. The molecular weight excluding hydrogens is 240 g/mol. The molecule has 0 radical (unpaired) electrons. The van der Waals surface area contributed by atoms with Gasteiger partial charge in [0.25, 0.3) is 0 Å². The van der Waals surface area contributed by atoms with E-state index >= 15 is 0 Å². The number of fused-ring (bicyclic) bond motifs is 1. The summed E-state index contributed by atoms with van der Waals surface area (Å²) >= 11 is 5.41. The number of halogens is 1. The lowest BCUT2D eigenvalue weighted by molar-refractivity contribution is 0.338. The van der Waals surface area contributed by atoms with Crippen molar-refractivity contribution in [1.82, 2.24) is 4.98 Å². The third-order valence-corrected chi connectivity index (χ3v) is 2.77. The number of para-hydroxylation sites is 1. The maximum atomic E-state index is 5.89. The standard InChI is InChI=1S/C11H13ClN4O/c1-14-9-10(16(2)17-12)7-5-3-4-6-8(7)15-11(9)13/h3-6,14H,1-2H3,(H2,13,15). The second kappa shape index (κ2) is 4.65. The average Bonchev–Trinajstić information content (AvgIpc) is 2.36. The van der Waals surface area contributed by atoms with Gasteiger partial charge in [-0.25, -0.2) is 10.0 Å². The van der Waals surface area contributed by atoms with Crippen LogP contribution in [0.25, 0.3) is 10.9 Å². The Bertz CT molecular complexity index is 546. The van der Waals surface area contributed by atoms with Crippen molar-refractivity contribution in [2.24, 2.45) is 0 Å². The fourth-order valence-electron chi connectivity index (χ4n) is 1.82. The van der Waals surface area contributed by atoms with Crippen LogP contribution in [0.5, 0.6) is 0 Å². The molecule has 0 fully saturated rings. The Balaban J connectivity index is 2.81. The van der Waals surface area contributed by atoms with Crippen LogP contribution >= 0.6 is 11.9 Å². The fraction of sp³-hybridized carbons (Fsp3) is 0.182. The number of aromatic nitrogens is 1. The maximum absolute atomic E-state index is 5.89. The van der Waals surface area contributed by atoms with Crippen molar-refractivity contribution in [3.63, 3.8) is 0 Å². The van der Waals surface area contributed by atoms with Gasteiger partial charge in [-0.05, 0) is 6.07 Å². The highest BCUT2D eigenvalue weighted by Crippen LogP contribution is 2.36. The molecule has 2 rings (SSSR count). The zero-order valence-electron chi connectivity index (χ0n) is 9.57. The molecule has 2 aromatic rings. The van der Waals surface area contributed by atoms with Gasteiger partial charge in [0.05, 0.1) is 17.4 Å². The van der Waals surface area contributed by atoms with Gasteiger partial charge in [-0.3, -0.25) is 0 Å². The summed E-state index contributed by atoms with van der Waals surface area (Å²) in [4.78, 5) is 4.31. The summed E-state index contributed by atoms with van der Waals surface area (Å²) in [6.07, 6.45) is 0. The quantitative estimate of drug-likeness (QED) is 0.822. The summed E-state index contributed by atoms with van der Waals surface area (Å²) < 4.78 is 4.72. The SMILES string of the molecule is CNc1c(N)nc2ccccc2c1N(C)OCl. The molecule has 1 aromatic carbocycles. The second-order valence-corrected chi connectivity index (χ2v) is 3.69. The topological polar surface area (TPSA) is 63.4 Å². The molecule has 0 aliphatic carbocycles. The number of pyridine rings is 1. The van der Waals surface area contributed by atoms with Gasteiger partial charge < -0.3 is 11.1 Å². The molecule has 17 heavy (non-hydrogen) atoms. The lowest BCUT2D eigenvalue weighted by Gasteiger charge is -2.20. The van der Waals surface area contributed by atoms with E-state index in [4.69, 9.17) is 22.0 Å². The molecule has 3 N–H and O–H groups in total. The summed E-state index contributed by atoms with van der Waals surface area (Å²) in [5.41, 5.74) is 8.12. The predicted octanol–water partition coefficient (Wildman–Crippen LogP) is 2.38. The number of benzene rings is 1. The molecule has 90 valence electrons. The minimum Gasteiger partial charge on any atom is -0.383 e. The van der Waals surface area contributed by atoms with Crippen LogP contribution in [0, 0.1) is 0 Å². The van der Waals surface area contributed by atoms with Gasteiger partial charge in [-0.15, -0.1) is 0 Å². The smallest absolute Gasteiger partial charge is 0.149 e. The van der Waals surface area contributed by atoms with Crippen molar-refractivity contribution in [2.75, 3.05) is 30.2 Å². The highest BCUT2D eigenvalue weighted by atomic mass is 35.5. The molecule has 0 unspecified atom stereocenters. The molecule has 0 spiro atoms. The summed E-state index contributed by atoms with van der Waals surface area (Å²) in [5.74, 6) is 0.404. The number of rotatable bonds is 3. The summed E-state index contributed by atoms with van der Waals surface area (Å²) in [6, 6.07) is 7.64. The van der Waals surface area contributed by atoms with Gasteiger partial charge in [-0.2, -0.15) is 4.39 Å². The van der Waals surface area contributed by atoms with Gasteiger partial charge in [0.1, 0.15) is 17.2 Å². The molecule has 0 atom stereocenters. The minimum absolute atomic E-state index is 0.404. The minimum atomic E-state index is 0.404. The van der Waals surface area contributed by atoms with E-state index in [-0.39, 0.29) is 0 Å². The van der Waals surface area contributed by atoms with Gasteiger partial charge in [-0.1, -0.05) is 18.2 Å². The zero-order valence-corrected chi connectivity index (χ0v) is 10.3. The van der Waals surface area contributed by atoms with Crippen LogP contribution in [-0.2, 0) is 4.39 Å². The maximum Gasteiger partial charge on any atom is 0.149 e. The highest BCUT2D eigenvalue weighted by Gasteiger charge is 2.16. The van der Waals surface area contributed by atoms with E-state index in [1.165, 1.54) is 5.06 Å². The van der Waals surface area contributed by atoms with E-state index in [1.807, 2.05) is 24.3 Å². The first kappa shape index (κ1) is 11.8. The van der Waals surface area contributed by atoms with E-state index in [9.17, 15) is 0 Å². The Morgan fingerprint density at radius 1 is 1.41 bits per heavy atom. The largest absolute Gasteiger partial charge is 0.383 e. The van der Waals surface area contributed by atoms with Gasteiger partial charge >= 0.3 is 0 Å². The Kier molecular flexibility index (Phi) is 3.21. The number of nitrogen functional groups attached to an aromatic ring is 1. The molecular formula is C11H13ClN4O. The van der Waals surface area contributed by atoms with Gasteiger partial charge in [0, 0.05) is 19.5 Å². The number of nitrogens with zero attached hydrogens (tertiary/aromatic N) is 2. The van der Waals surface area contributed by atoms with E-state index < -0.39 is 0 Å². The monoisotopic (exact) mass is 252 g/mol. The van der Waals surface area contributed by atoms with Crippen molar-refractivity contribution < 1.29 is 4.39 Å². The van der Waals surface area contributed by atoms with Crippen LogP contribution in [0.1, 0.15) is 0 Å². The first-order chi connectivity index (χ1) is 8.19. The van der Waals surface area contributed by atoms with Crippen LogP contribution in [0.3, 0.4) is 0 Å². The van der Waals surface area contributed by atoms with Crippen LogP contribution in [0.15, 0.2) is 24.3 Å². The van der Waals surface area contributed by atoms with Gasteiger partial charge in [0.2, 0.25) is 0 Å². The lowest BCUT2D eigenvalue weighted by Crippen LogP contribution is -2.16. The third kappa shape index (κ3) is 1.94. The van der Waals surface area contributed by atoms with Crippen molar-refractivity contribution in [1.29, 1.82) is 0 Å². The summed E-state index contributed by atoms with van der Waals surface area (Å²) in [7, 11) is 3.47. The van der Waals surface area contributed by atoms with Crippen molar-refractivity contribution in [2.45, 2.75) is 0 Å². The molecule has 0 bridgehead atoms. The lowest BCUT2D eigenvalue weighted by atomic mass is 10.1. The Hall–Kier alpha value is -1.72. The summed E-state index contributed by atoms with van der Waals surface area (Å²) in [6.45, 7) is 0. The molecule has 5 nitrogen and oxygen atoms in total. The number of nitrogens with two attached hydrogens (primary N) is 1. The highest BCUT2D eigenvalue weighted by molar-refractivity contribution is 6.09. The molecule has 0 aliphatic heterocycles. The van der Waals surface area contributed by atoms with Crippen molar-refractivity contribution in [3.05, 3.63) is 24.3 Å². The molecule has 1 aromatic heterocycles. The first-order valence-corrected chi connectivity index (χ1v) is 5.38. The zero-order chi connectivity index (χ0) is 12.4. The number of nitrogens with one attached hydrogen (secondary N) is 1. The summed E-state index contributed by atoms with van der Waals surface area (Å²) in [5, 5.41) is 5.35. The van der Waals surface area contributed by atoms with E-state index in [0.29, 0.717) is 11.5 Å². The molecule has 6 heteroatoms. The van der Waals surface area contributed by atoms with E-state index in [1.54, 1.807) is 14.1 Å². The Labute approximate surface area is 104 Å². The fourth-order valence-corrected chi connectivity index (χ4v) is 1.89. The predicted molar refractivity (Wildman–Crippen MR) is 71.0 cm³/mol. The molecule has 0 saturated carbocycles. The number of hydroxylamine groups is 1. The number of hydrogen-bond acceptors (Lipinski definition) is 5. The van der Waals surface area contributed by atoms with Crippen LogP contribution in [-0.4, -0.2) is 19.1 Å². The van der Waals surface area contributed by atoms with E-state index in [0.717, 1.165) is 16.6 Å². The van der Waals surface area contributed by atoms with Crippen LogP contribution in [0.2, 0.25) is 0 Å². The molecule has 1 heterocycles. The molecule has 0 amide bonds. The Morgan fingerprint density at radius 3 is 2.76 bits per heavy atom. The second-order valence-electron chi connectivity index (χ2n) is 3.55. The number of hydrogen-bond donors (Lipinski definition) is 2. The first-order valence-electron chi connectivity index (χ1n) is 5.07. The third-order valence-electron chi connectivity index (χ3n) is 2.56. The van der Waals surface area contributed by atoms with Crippen molar-refractivity contribution in [3.8, 4) is 0 Å². The van der Waals surface area contributed by atoms with Crippen LogP contribution in [0.4, 0.5) is 17.2 Å². The number of anilines is 3.